The van der Waals surface area contributed by atoms with Crippen molar-refractivity contribution in [1.82, 2.24) is 4.98 Å². The van der Waals surface area contributed by atoms with Crippen molar-refractivity contribution < 1.29 is 4.74 Å². The van der Waals surface area contributed by atoms with Gasteiger partial charge in [0.15, 0.2) is 0 Å². The molecule has 4 nitrogen and oxygen atoms in total. The smallest absolute Gasteiger partial charge is 0.242 e. The molecular weight excluding hydrogens is 294 g/mol. The lowest BCUT2D eigenvalue weighted by Crippen LogP contribution is -1.97. The predicted octanol–water partition coefficient (Wildman–Crippen LogP) is 3.40. The molecule has 1 aromatic carbocycles. The van der Waals surface area contributed by atoms with Crippen molar-refractivity contribution in [3.8, 4) is 17.7 Å². The van der Waals surface area contributed by atoms with Crippen LogP contribution in [0.15, 0.2) is 34.9 Å². The van der Waals surface area contributed by atoms with E-state index in [1.54, 1.807) is 0 Å². The molecule has 1 aromatic heterocycles. The second kappa shape index (κ2) is 5.07. The number of benzene rings is 1. The summed E-state index contributed by atoms with van der Waals surface area (Å²) in [6.45, 7) is 1.93. The highest BCUT2D eigenvalue weighted by atomic mass is 79.9. The Hall–Kier alpha value is -2.06. The molecular formula is C13H10BrN3O. The highest BCUT2D eigenvalue weighted by Gasteiger charge is 2.07. The van der Waals surface area contributed by atoms with Gasteiger partial charge >= 0.3 is 0 Å². The number of nitrogen functional groups attached to an aromatic ring is 1. The van der Waals surface area contributed by atoms with Crippen LogP contribution in [-0.4, -0.2) is 4.98 Å². The first-order valence-electron chi connectivity index (χ1n) is 5.20. The largest absolute Gasteiger partial charge is 0.437 e. The number of halogens is 1. The van der Waals surface area contributed by atoms with Crippen LogP contribution in [-0.2, 0) is 0 Å². The number of nitrogens with two attached hydrogens (primary N) is 1. The molecule has 5 heteroatoms. The number of anilines is 1. The van der Waals surface area contributed by atoms with Gasteiger partial charge in [-0.2, -0.15) is 5.26 Å². The quantitative estimate of drug-likeness (QED) is 0.923. The van der Waals surface area contributed by atoms with Gasteiger partial charge in [0.1, 0.15) is 11.8 Å². The number of nitriles is 1. The van der Waals surface area contributed by atoms with Gasteiger partial charge in [0.2, 0.25) is 5.88 Å². The molecule has 0 spiro atoms. The SMILES string of the molecule is Cc1ccc(Br)cc1Oc1ncc(C#N)cc1N. The molecule has 1 heterocycles. The Morgan fingerprint density at radius 1 is 1.39 bits per heavy atom. The standard InChI is InChI=1S/C13H10BrN3O/c1-8-2-3-10(14)5-12(8)18-13-11(16)4-9(6-15)7-17-13/h2-5,7H,16H2,1H3. The van der Waals surface area contributed by atoms with Crippen LogP contribution in [0.1, 0.15) is 11.1 Å². The second-order valence-corrected chi connectivity index (χ2v) is 4.66. The summed E-state index contributed by atoms with van der Waals surface area (Å²) in [6, 6.07) is 9.21. The maximum atomic E-state index is 8.73. The molecule has 0 aliphatic rings. The summed E-state index contributed by atoms with van der Waals surface area (Å²) in [5, 5.41) is 8.73. The summed E-state index contributed by atoms with van der Waals surface area (Å²) in [6.07, 6.45) is 1.43. The summed E-state index contributed by atoms with van der Waals surface area (Å²) >= 11 is 3.38. The van der Waals surface area contributed by atoms with Gasteiger partial charge < -0.3 is 10.5 Å². The minimum atomic E-state index is 0.301. The van der Waals surface area contributed by atoms with Crippen LogP contribution < -0.4 is 10.5 Å². The average Bonchev–Trinajstić information content (AvgIpc) is 2.36. The molecule has 0 atom stereocenters. The molecule has 0 aliphatic carbocycles. The lowest BCUT2D eigenvalue weighted by Gasteiger charge is -2.10. The summed E-state index contributed by atoms with van der Waals surface area (Å²) in [7, 11) is 0. The first-order valence-corrected chi connectivity index (χ1v) is 5.99. The van der Waals surface area contributed by atoms with Gasteiger partial charge in [0.05, 0.1) is 11.3 Å². The Morgan fingerprint density at radius 3 is 2.83 bits per heavy atom. The Balaban J connectivity index is 2.34. The van der Waals surface area contributed by atoms with Crippen LogP contribution in [0.2, 0.25) is 0 Å². The molecule has 0 aliphatic heterocycles. The number of hydrogen-bond acceptors (Lipinski definition) is 4. The number of aryl methyl sites for hydroxylation is 1. The first kappa shape index (κ1) is 12.4. The lowest BCUT2D eigenvalue weighted by molar-refractivity contribution is 0.461. The zero-order valence-electron chi connectivity index (χ0n) is 9.64. The van der Waals surface area contributed by atoms with Crippen molar-refractivity contribution in [2.24, 2.45) is 0 Å². The van der Waals surface area contributed by atoms with E-state index in [-0.39, 0.29) is 0 Å². The van der Waals surface area contributed by atoms with E-state index in [4.69, 9.17) is 15.7 Å². The third-order valence-electron chi connectivity index (χ3n) is 2.36. The summed E-state index contributed by atoms with van der Waals surface area (Å²) in [4.78, 5) is 4.03. The average molecular weight is 304 g/mol. The van der Waals surface area contributed by atoms with Crippen LogP contribution in [0.4, 0.5) is 5.69 Å². The zero-order chi connectivity index (χ0) is 13.1. The van der Waals surface area contributed by atoms with Gasteiger partial charge in [0, 0.05) is 10.7 Å². The number of ether oxygens (including phenoxy) is 1. The Kier molecular flexibility index (Phi) is 3.49. The molecule has 0 saturated carbocycles. The Bertz CT molecular complexity index is 635. The third-order valence-corrected chi connectivity index (χ3v) is 2.86. The summed E-state index contributed by atoms with van der Waals surface area (Å²) in [5.74, 6) is 0.975. The normalized spacial score (nSPS) is 9.83. The monoisotopic (exact) mass is 303 g/mol. The van der Waals surface area contributed by atoms with Crippen LogP contribution in [0.5, 0.6) is 11.6 Å². The van der Waals surface area contributed by atoms with E-state index in [2.05, 4.69) is 20.9 Å². The van der Waals surface area contributed by atoms with Gasteiger partial charge in [-0.15, -0.1) is 0 Å². The van der Waals surface area contributed by atoms with Gasteiger partial charge in [0.25, 0.3) is 0 Å². The fraction of sp³-hybridized carbons (Fsp3) is 0.0769. The number of nitrogens with zero attached hydrogens (tertiary/aromatic N) is 2. The van der Waals surface area contributed by atoms with E-state index in [1.165, 1.54) is 12.3 Å². The third kappa shape index (κ3) is 2.60. The molecule has 2 aromatic rings. The van der Waals surface area contributed by atoms with Crippen molar-refractivity contribution in [3.05, 3.63) is 46.1 Å². The van der Waals surface area contributed by atoms with E-state index < -0.39 is 0 Å². The predicted molar refractivity (Wildman–Crippen MR) is 72.3 cm³/mol. The molecule has 2 rings (SSSR count). The first-order chi connectivity index (χ1) is 8.60. The van der Waals surface area contributed by atoms with Crippen molar-refractivity contribution in [1.29, 1.82) is 5.26 Å². The fourth-order valence-corrected chi connectivity index (χ4v) is 1.74. The zero-order valence-corrected chi connectivity index (χ0v) is 11.2. The molecule has 0 bridgehead atoms. The highest BCUT2D eigenvalue weighted by molar-refractivity contribution is 9.10. The van der Waals surface area contributed by atoms with Crippen LogP contribution in [0.25, 0.3) is 0 Å². The minimum absolute atomic E-state index is 0.301. The molecule has 2 N–H and O–H groups in total. The second-order valence-electron chi connectivity index (χ2n) is 3.74. The van der Waals surface area contributed by atoms with Gasteiger partial charge in [-0.3, -0.25) is 0 Å². The number of hydrogen-bond donors (Lipinski definition) is 1. The molecule has 0 unspecified atom stereocenters. The number of aromatic nitrogens is 1. The van der Waals surface area contributed by atoms with Crippen molar-refractivity contribution in [2.45, 2.75) is 6.92 Å². The molecule has 0 amide bonds. The van der Waals surface area contributed by atoms with Gasteiger partial charge in [-0.1, -0.05) is 22.0 Å². The number of pyridine rings is 1. The molecule has 18 heavy (non-hydrogen) atoms. The van der Waals surface area contributed by atoms with E-state index in [0.717, 1.165) is 10.0 Å². The number of rotatable bonds is 2. The Labute approximate surface area is 113 Å². The summed E-state index contributed by atoms with van der Waals surface area (Å²) in [5.41, 5.74) is 7.51. The molecule has 0 radical (unpaired) electrons. The maximum absolute atomic E-state index is 8.73. The highest BCUT2D eigenvalue weighted by Crippen LogP contribution is 2.30. The van der Waals surface area contributed by atoms with Crippen molar-refractivity contribution in [2.75, 3.05) is 5.73 Å². The van der Waals surface area contributed by atoms with Crippen LogP contribution >= 0.6 is 15.9 Å². The fourth-order valence-electron chi connectivity index (χ4n) is 1.40. The van der Waals surface area contributed by atoms with E-state index in [0.29, 0.717) is 22.9 Å². The molecule has 0 fully saturated rings. The lowest BCUT2D eigenvalue weighted by atomic mass is 10.2. The van der Waals surface area contributed by atoms with Gasteiger partial charge in [-0.25, -0.2) is 4.98 Å². The van der Waals surface area contributed by atoms with Crippen molar-refractivity contribution in [3.63, 3.8) is 0 Å². The van der Waals surface area contributed by atoms with E-state index in [9.17, 15) is 0 Å². The molecule has 0 saturated heterocycles. The molecule has 90 valence electrons. The Morgan fingerprint density at radius 2 is 2.17 bits per heavy atom. The van der Waals surface area contributed by atoms with Crippen LogP contribution in [0.3, 0.4) is 0 Å². The van der Waals surface area contributed by atoms with Crippen LogP contribution in [0, 0.1) is 18.3 Å². The summed E-state index contributed by atoms with van der Waals surface area (Å²) < 4.78 is 6.56. The minimum Gasteiger partial charge on any atom is -0.437 e. The van der Waals surface area contributed by atoms with E-state index in [1.807, 2.05) is 31.2 Å². The topological polar surface area (TPSA) is 71.9 Å². The van der Waals surface area contributed by atoms with Gasteiger partial charge in [-0.05, 0) is 30.7 Å². The maximum Gasteiger partial charge on any atom is 0.242 e. The van der Waals surface area contributed by atoms with Crippen molar-refractivity contribution >= 4 is 21.6 Å². The van der Waals surface area contributed by atoms with E-state index >= 15 is 0 Å².